The van der Waals surface area contributed by atoms with Crippen LogP contribution in [0.5, 0.6) is 0 Å². The van der Waals surface area contributed by atoms with E-state index in [2.05, 4.69) is 11.3 Å². The lowest BCUT2D eigenvalue weighted by atomic mass is 10.4. The molecule has 1 heterocycles. The molecule has 1 atom stereocenters. The van der Waals surface area contributed by atoms with E-state index in [9.17, 15) is 0 Å². The largest absolute Gasteiger partial charge is 0.312 e. The Morgan fingerprint density at radius 3 is 2.60 bits per heavy atom. The Morgan fingerprint density at radius 2 is 2.10 bits per heavy atom. The van der Waals surface area contributed by atoms with Gasteiger partial charge in [0.2, 0.25) is 0 Å². The van der Waals surface area contributed by atoms with Gasteiger partial charge in [-0.15, -0.1) is 6.42 Å². The summed E-state index contributed by atoms with van der Waals surface area (Å²) in [5.41, 5.74) is 3.05. The van der Waals surface area contributed by atoms with Crippen LogP contribution in [0.25, 0.3) is 0 Å². The van der Waals surface area contributed by atoms with Crippen LogP contribution in [0.2, 0.25) is 0 Å². The summed E-state index contributed by atoms with van der Waals surface area (Å²) in [7, 11) is 0. The van der Waals surface area contributed by atoms with Gasteiger partial charge in [-0.1, -0.05) is 5.92 Å². The molecule has 1 aromatic rings. The normalized spacial score (nSPS) is 12.0. The maximum Gasteiger partial charge on any atom is 0.0997 e. The lowest BCUT2D eigenvalue weighted by molar-refractivity contribution is 0.804. The van der Waals surface area contributed by atoms with Crippen molar-refractivity contribution in [1.29, 1.82) is 0 Å². The lowest BCUT2D eigenvalue weighted by Crippen LogP contribution is -2.21. The Morgan fingerprint density at radius 1 is 1.50 bits per heavy atom. The zero-order chi connectivity index (χ0) is 7.40. The van der Waals surface area contributed by atoms with Crippen LogP contribution in [0.3, 0.4) is 0 Å². The highest BCUT2D eigenvalue weighted by atomic mass is 15.4. The first kappa shape index (κ1) is 6.76. The highest BCUT2D eigenvalue weighted by Gasteiger charge is 1.91. The molecular weight excluding hydrogens is 124 g/mol. The summed E-state index contributed by atoms with van der Waals surface area (Å²) in [6, 6.07) is 3.96. The summed E-state index contributed by atoms with van der Waals surface area (Å²) in [6.07, 6.45) is 8.98. The Hall–Kier alpha value is -1.36. The monoisotopic (exact) mass is 134 g/mol. The quantitative estimate of drug-likeness (QED) is 0.598. The zero-order valence-corrected chi connectivity index (χ0v) is 5.91. The topological polar surface area (TPSA) is 17.0 Å². The minimum Gasteiger partial charge on any atom is -0.312 e. The van der Waals surface area contributed by atoms with Crippen molar-refractivity contribution in [3.05, 3.63) is 24.5 Å². The number of nitrogens with zero attached hydrogens (tertiary/aromatic N) is 1. The van der Waals surface area contributed by atoms with E-state index in [0.717, 1.165) is 0 Å². The number of hydrogen-bond acceptors (Lipinski definition) is 1. The van der Waals surface area contributed by atoms with Crippen molar-refractivity contribution in [2.75, 3.05) is 5.43 Å². The highest BCUT2D eigenvalue weighted by Crippen LogP contribution is 1.87. The van der Waals surface area contributed by atoms with Gasteiger partial charge in [-0.05, 0) is 19.1 Å². The van der Waals surface area contributed by atoms with E-state index >= 15 is 0 Å². The molecule has 0 radical (unpaired) electrons. The molecule has 0 aliphatic carbocycles. The van der Waals surface area contributed by atoms with Gasteiger partial charge in [0.15, 0.2) is 0 Å². The Labute approximate surface area is 60.8 Å². The summed E-state index contributed by atoms with van der Waals surface area (Å²) in [4.78, 5) is 0. The van der Waals surface area contributed by atoms with Crippen LogP contribution < -0.4 is 5.43 Å². The van der Waals surface area contributed by atoms with Gasteiger partial charge in [-0.3, -0.25) is 4.68 Å². The molecule has 2 heteroatoms. The number of terminal acetylenes is 1. The maximum atomic E-state index is 5.16. The first-order valence-corrected chi connectivity index (χ1v) is 3.18. The maximum absolute atomic E-state index is 5.16. The van der Waals surface area contributed by atoms with Crippen LogP contribution in [-0.4, -0.2) is 10.7 Å². The van der Waals surface area contributed by atoms with Gasteiger partial charge < -0.3 is 5.43 Å². The molecule has 0 amide bonds. The average Bonchev–Trinajstić information content (AvgIpc) is 2.40. The summed E-state index contributed by atoms with van der Waals surface area (Å²) in [6.45, 7) is 1.93. The molecule has 1 aromatic heterocycles. The Kier molecular flexibility index (Phi) is 2.01. The Balaban J connectivity index is 2.50. The fraction of sp³-hybridized carbons (Fsp3) is 0.250. The lowest BCUT2D eigenvalue weighted by Gasteiger charge is -2.08. The van der Waals surface area contributed by atoms with E-state index in [0.29, 0.717) is 0 Å². The SMILES string of the molecule is C#CC(C)Nn1cccc1. The molecule has 10 heavy (non-hydrogen) atoms. The van der Waals surface area contributed by atoms with Crippen molar-refractivity contribution in [3.8, 4) is 12.3 Å². The molecule has 0 saturated heterocycles. The van der Waals surface area contributed by atoms with E-state index in [1.165, 1.54) is 0 Å². The van der Waals surface area contributed by atoms with Gasteiger partial charge in [-0.2, -0.15) is 0 Å². The average molecular weight is 134 g/mol. The molecule has 0 saturated carbocycles. The van der Waals surface area contributed by atoms with Gasteiger partial charge >= 0.3 is 0 Å². The number of rotatable bonds is 2. The van der Waals surface area contributed by atoms with E-state index in [1.54, 1.807) is 0 Å². The van der Waals surface area contributed by atoms with Crippen LogP contribution in [0.15, 0.2) is 24.5 Å². The smallest absolute Gasteiger partial charge is 0.0997 e. The summed E-state index contributed by atoms with van der Waals surface area (Å²) in [5, 5.41) is 0. The molecule has 0 aliphatic heterocycles. The van der Waals surface area contributed by atoms with Crippen LogP contribution >= 0.6 is 0 Å². The fourth-order valence-corrected chi connectivity index (χ4v) is 0.681. The predicted molar refractivity (Wildman–Crippen MR) is 42.1 cm³/mol. The van der Waals surface area contributed by atoms with E-state index in [1.807, 2.05) is 36.1 Å². The molecule has 0 fully saturated rings. The second-order valence-electron chi connectivity index (χ2n) is 2.11. The highest BCUT2D eigenvalue weighted by molar-refractivity contribution is 5.05. The van der Waals surface area contributed by atoms with Crippen LogP contribution in [-0.2, 0) is 0 Å². The first-order valence-electron chi connectivity index (χ1n) is 3.18. The second kappa shape index (κ2) is 2.98. The van der Waals surface area contributed by atoms with Gasteiger partial charge in [0, 0.05) is 12.4 Å². The van der Waals surface area contributed by atoms with Gasteiger partial charge in [0.05, 0.1) is 6.04 Å². The second-order valence-corrected chi connectivity index (χ2v) is 2.11. The van der Waals surface area contributed by atoms with Crippen molar-refractivity contribution in [2.45, 2.75) is 13.0 Å². The summed E-state index contributed by atoms with van der Waals surface area (Å²) in [5.74, 6) is 2.57. The van der Waals surface area contributed by atoms with Gasteiger partial charge in [0.1, 0.15) is 0 Å². The third-order valence-electron chi connectivity index (χ3n) is 1.20. The molecule has 1 rings (SSSR count). The molecule has 0 aromatic carbocycles. The number of nitrogens with one attached hydrogen (secondary N) is 1. The van der Waals surface area contributed by atoms with Crippen molar-refractivity contribution in [1.82, 2.24) is 4.68 Å². The summed E-state index contributed by atoms with van der Waals surface area (Å²) >= 11 is 0. The number of hydrogen-bond donors (Lipinski definition) is 1. The predicted octanol–water partition coefficient (Wildman–Crippen LogP) is 1.05. The third kappa shape index (κ3) is 1.56. The summed E-state index contributed by atoms with van der Waals surface area (Å²) < 4.78 is 1.84. The van der Waals surface area contributed by atoms with Gasteiger partial charge in [0.25, 0.3) is 0 Å². The molecular formula is C8H10N2. The molecule has 52 valence electrons. The third-order valence-corrected chi connectivity index (χ3v) is 1.20. The fourth-order valence-electron chi connectivity index (χ4n) is 0.681. The molecule has 1 unspecified atom stereocenters. The van der Waals surface area contributed by atoms with Crippen molar-refractivity contribution in [2.24, 2.45) is 0 Å². The van der Waals surface area contributed by atoms with Crippen LogP contribution in [0.4, 0.5) is 0 Å². The van der Waals surface area contributed by atoms with Crippen LogP contribution in [0.1, 0.15) is 6.92 Å². The van der Waals surface area contributed by atoms with Crippen molar-refractivity contribution in [3.63, 3.8) is 0 Å². The van der Waals surface area contributed by atoms with Crippen molar-refractivity contribution >= 4 is 0 Å². The minimum absolute atomic E-state index is 0.0763. The molecule has 1 N–H and O–H groups in total. The molecule has 0 spiro atoms. The van der Waals surface area contributed by atoms with E-state index in [4.69, 9.17) is 6.42 Å². The van der Waals surface area contributed by atoms with Crippen LogP contribution in [0, 0.1) is 12.3 Å². The Bertz CT molecular complexity index is 218. The van der Waals surface area contributed by atoms with E-state index < -0.39 is 0 Å². The minimum atomic E-state index is 0.0763. The van der Waals surface area contributed by atoms with Crippen molar-refractivity contribution < 1.29 is 0 Å². The zero-order valence-electron chi connectivity index (χ0n) is 5.91. The molecule has 0 bridgehead atoms. The molecule has 2 nitrogen and oxygen atoms in total. The molecule has 0 aliphatic rings. The number of aromatic nitrogens is 1. The first-order chi connectivity index (χ1) is 4.83. The standard InChI is InChI=1S/C8H10N2/c1-3-8(2)9-10-6-4-5-7-10/h1,4-9H,2H3. The van der Waals surface area contributed by atoms with Gasteiger partial charge in [-0.25, -0.2) is 0 Å². The van der Waals surface area contributed by atoms with E-state index in [-0.39, 0.29) is 6.04 Å².